The summed E-state index contributed by atoms with van der Waals surface area (Å²) in [5.74, 6) is -7.78. The fourth-order valence-corrected chi connectivity index (χ4v) is 3.61. The van der Waals surface area contributed by atoms with Crippen molar-refractivity contribution in [2.75, 3.05) is 0 Å². The fraction of sp³-hybridized carbons (Fsp3) is 0.154. The molecule has 0 unspecified atom stereocenters. The number of hydrogen-bond donors (Lipinski definition) is 1. The van der Waals surface area contributed by atoms with E-state index < -0.39 is 29.0 Å². The first-order valence-corrected chi connectivity index (χ1v) is 10.7. The maximum atomic E-state index is 13.7. The highest BCUT2D eigenvalue weighted by Gasteiger charge is 2.21. The first-order chi connectivity index (χ1) is 16.8. The molecule has 9 heteroatoms. The lowest BCUT2D eigenvalue weighted by Crippen LogP contribution is -2.23. The third-order valence-corrected chi connectivity index (χ3v) is 5.54. The molecule has 1 heterocycles. The summed E-state index contributed by atoms with van der Waals surface area (Å²) in [4.78, 5) is 12.6. The molecule has 0 aliphatic carbocycles. The first-order valence-electron chi connectivity index (χ1n) is 10.7. The standard InChI is InChI=1S/C26H21F4N3O2/c1-15-20(16(2)33(32-15)19-6-4-3-5-7-19)13-31-26(34)18-10-8-17(9-11-18)14-35-25-23(29)21(27)12-22(28)24(25)30/h3-12H,13-14H2,1-2H3,(H,31,34). The summed E-state index contributed by atoms with van der Waals surface area (Å²) in [6.45, 7) is 3.73. The van der Waals surface area contributed by atoms with Crippen LogP contribution in [0, 0.1) is 37.1 Å². The molecule has 0 fully saturated rings. The van der Waals surface area contributed by atoms with Crippen molar-refractivity contribution in [2.45, 2.75) is 27.0 Å². The number of benzene rings is 3. The Hall–Kier alpha value is -4.14. The largest absolute Gasteiger partial charge is 0.483 e. The van der Waals surface area contributed by atoms with Crippen molar-refractivity contribution in [1.29, 1.82) is 0 Å². The van der Waals surface area contributed by atoms with E-state index in [0.29, 0.717) is 11.1 Å². The van der Waals surface area contributed by atoms with E-state index in [4.69, 9.17) is 4.74 Å². The molecular formula is C26H21F4N3O2. The minimum absolute atomic E-state index is 0.112. The van der Waals surface area contributed by atoms with Crippen LogP contribution in [0.5, 0.6) is 5.75 Å². The molecule has 0 spiro atoms. The molecule has 0 radical (unpaired) electrons. The number of carbonyl (C=O) groups excluding carboxylic acids is 1. The Morgan fingerprint density at radius 3 is 2.20 bits per heavy atom. The molecule has 5 nitrogen and oxygen atoms in total. The number of aryl methyl sites for hydroxylation is 1. The number of nitrogens with zero attached hydrogens (tertiary/aromatic N) is 2. The molecule has 0 atom stereocenters. The van der Waals surface area contributed by atoms with Crippen molar-refractivity contribution in [3.05, 3.63) is 112 Å². The predicted molar refractivity (Wildman–Crippen MR) is 121 cm³/mol. The van der Waals surface area contributed by atoms with Crippen molar-refractivity contribution in [1.82, 2.24) is 15.1 Å². The number of aromatic nitrogens is 2. The van der Waals surface area contributed by atoms with Gasteiger partial charge in [-0.2, -0.15) is 13.9 Å². The second kappa shape index (κ2) is 10.0. The number of amides is 1. The smallest absolute Gasteiger partial charge is 0.251 e. The number of nitrogens with one attached hydrogen (secondary N) is 1. The molecular weight excluding hydrogens is 462 g/mol. The average Bonchev–Trinajstić information content (AvgIpc) is 3.15. The van der Waals surface area contributed by atoms with Gasteiger partial charge in [0.05, 0.1) is 11.4 Å². The normalized spacial score (nSPS) is 10.9. The lowest BCUT2D eigenvalue weighted by atomic mass is 10.1. The number of rotatable bonds is 7. The van der Waals surface area contributed by atoms with E-state index in [0.717, 1.165) is 22.6 Å². The average molecular weight is 483 g/mol. The van der Waals surface area contributed by atoms with Crippen LogP contribution < -0.4 is 10.1 Å². The first kappa shape index (κ1) is 24.0. The highest BCUT2D eigenvalue weighted by atomic mass is 19.2. The summed E-state index contributed by atoms with van der Waals surface area (Å²) in [5.41, 5.74) is 4.33. The Morgan fingerprint density at radius 2 is 1.57 bits per heavy atom. The van der Waals surface area contributed by atoms with E-state index in [2.05, 4.69) is 10.4 Å². The Kier molecular flexibility index (Phi) is 6.86. The zero-order chi connectivity index (χ0) is 25.1. The zero-order valence-corrected chi connectivity index (χ0v) is 18.9. The van der Waals surface area contributed by atoms with Gasteiger partial charge in [-0.05, 0) is 43.7 Å². The summed E-state index contributed by atoms with van der Waals surface area (Å²) < 4.78 is 60.8. The van der Waals surface area contributed by atoms with E-state index in [1.807, 2.05) is 48.9 Å². The van der Waals surface area contributed by atoms with Crippen LogP contribution in [0.2, 0.25) is 0 Å². The minimum Gasteiger partial charge on any atom is -0.483 e. The van der Waals surface area contributed by atoms with Gasteiger partial charge >= 0.3 is 0 Å². The molecule has 35 heavy (non-hydrogen) atoms. The summed E-state index contributed by atoms with van der Waals surface area (Å²) in [6, 6.07) is 15.8. The van der Waals surface area contributed by atoms with Crippen LogP contribution in [0.4, 0.5) is 17.6 Å². The van der Waals surface area contributed by atoms with E-state index in [-0.39, 0.29) is 25.1 Å². The van der Waals surface area contributed by atoms with Crippen LogP contribution in [-0.2, 0) is 13.2 Å². The zero-order valence-electron chi connectivity index (χ0n) is 18.9. The fourth-order valence-electron chi connectivity index (χ4n) is 3.61. The van der Waals surface area contributed by atoms with Gasteiger partial charge in [-0.1, -0.05) is 30.3 Å². The van der Waals surface area contributed by atoms with Crippen LogP contribution in [-0.4, -0.2) is 15.7 Å². The molecule has 0 saturated heterocycles. The molecule has 4 aromatic rings. The number of hydrogen-bond acceptors (Lipinski definition) is 3. The lowest BCUT2D eigenvalue weighted by molar-refractivity contribution is 0.0950. The Morgan fingerprint density at radius 1 is 0.943 bits per heavy atom. The van der Waals surface area contributed by atoms with Crippen molar-refractivity contribution in [2.24, 2.45) is 0 Å². The van der Waals surface area contributed by atoms with Crippen molar-refractivity contribution in [3.63, 3.8) is 0 Å². The number of para-hydroxylation sites is 1. The maximum Gasteiger partial charge on any atom is 0.251 e. The Balaban J connectivity index is 1.39. The Labute approximate surface area is 199 Å². The third kappa shape index (κ3) is 5.03. The van der Waals surface area contributed by atoms with E-state index in [1.165, 1.54) is 24.3 Å². The van der Waals surface area contributed by atoms with Crippen LogP contribution in [0.3, 0.4) is 0 Å². The van der Waals surface area contributed by atoms with Gasteiger partial charge in [0.2, 0.25) is 11.6 Å². The number of halogens is 4. The quantitative estimate of drug-likeness (QED) is 0.277. The van der Waals surface area contributed by atoms with Crippen LogP contribution in [0.25, 0.3) is 5.69 Å². The van der Waals surface area contributed by atoms with Gasteiger partial charge in [0.25, 0.3) is 5.91 Å². The highest BCUT2D eigenvalue weighted by Crippen LogP contribution is 2.27. The van der Waals surface area contributed by atoms with Crippen LogP contribution >= 0.6 is 0 Å². The minimum atomic E-state index is -1.61. The summed E-state index contributed by atoms with van der Waals surface area (Å²) in [5, 5.41) is 7.42. The van der Waals surface area contributed by atoms with Gasteiger partial charge in [-0.3, -0.25) is 4.79 Å². The van der Waals surface area contributed by atoms with Crippen LogP contribution in [0.15, 0.2) is 60.7 Å². The van der Waals surface area contributed by atoms with Crippen LogP contribution in [0.1, 0.15) is 32.9 Å². The molecule has 4 rings (SSSR count). The predicted octanol–water partition coefficient (Wildman–Crippen LogP) is 5.55. The molecule has 0 aliphatic rings. The second-order valence-corrected chi connectivity index (χ2v) is 7.86. The van der Waals surface area contributed by atoms with E-state index in [1.54, 1.807) is 0 Å². The maximum absolute atomic E-state index is 13.7. The van der Waals surface area contributed by atoms with Crippen molar-refractivity contribution >= 4 is 5.91 Å². The van der Waals surface area contributed by atoms with Crippen molar-refractivity contribution < 1.29 is 27.1 Å². The number of carbonyl (C=O) groups is 1. The Bertz CT molecular complexity index is 1340. The molecule has 3 aromatic carbocycles. The van der Waals surface area contributed by atoms with E-state index in [9.17, 15) is 22.4 Å². The topological polar surface area (TPSA) is 56.2 Å². The molecule has 0 aliphatic heterocycles. The highest BCUT2D eigenvalue weighted by molar-refractivity contribution is 5.94. The van der Waals surface area contributed by atoms with Gasteiger partial charge in [-0.15, -0.1) is 0 Å². The molecule has 0 bridgehead atoms. The third-order valence-electron chi connectivity index (χ3n) is 5.54. The second-order valence-electron chi connectivity index (χ2n) is 7.86. The molecule has 0 saturated carbocycles. The SMILES string of the molecule is Cc1nn(-c2ccccc2)c(C)c1CNC(=O)c1ccc(COc2c(F)c(F)cc(F)c2F)cc1. The lowest BCUT2D eigenvalue weighted by Gasteiger charge is -2.10. The van der Waals surface area contributed by atoms with Gasteiger partial charge in [0, 0.05) is 29.4 Å². The molecule has 1 aromatic heterocycles. The number of ether oxygens (including phenoxy) is 1. The summed E-state index contributed by atoms with van der Waals surface area (Å²) in [7, 11) is 0. The van der Waals surface area contributed by atoms with Gasteiger partial charge in [0.15, 0.2) is 17.4 Å². The van der Waals surface area contributed by atoms with Gasteiger partial charge in [0.1, 0.15) is 6.61 Å². The molecule has 1 N–H and O–H groups in total. The summed E-state index contributed by atoms with van der Waals surface area (Å²) >= 11 is 0. The van der Waals surface area contributed by atoms with E-state index >= 15 is 0 Å². The van der Waals surface area contributed by atoms with Gasteiger partial charge in [-0.25, -0.2) is 13.5 Å². The summed E-state index contributed by atoms with van der Waals surface area (Å²) in [6.07, 6.45) is 0. The molecule has 1 amide bonds. The monoisotopic (exact) mass is 483 g/mol. The molecule has 180 valence electrons. The van der Waals surface area contributed by atoms with Gasteiger partial charge < -0.3 is 10.1 Å². The van der Waals surface area contributed by atoms with Crippen molar-refractivity contribution in [3.8, 4) is 11.4 Å².